The summed E-state index contributed by atoms with van der Waals surface area (Å²) < 4.78 is 30.8. The molecule has 0 aromatic rings. The number of carbonyl (C=O) groups excluding carboxylic acids is 1. The van der Waals surface area contributed by atoms with Crippen LogP contribution >= 0.6 is 0 Å². The highest BCUT2D eigenvalue weighted by Gasteiger charge is 2.16. The van der Waals surface area contributed by atoms with Crippen LogP contribution in [0.3, 0.4) is 0 Å². The van der Waals surface area contributed by atoms with Crippen molar-refractivity contribution in [1.82, 2.24) is 15.5 Å². The van der Waals surface area contributed by atoms with E-state index in [4.69, 9.17) is 16.0 Å². The summed E-state index contributed by atoms with van der Waals surface area (Å²) in [4.78, 5) is 14.1. The van der Waals surface area contributed by atoms with Gasteiger partial charge in [-0.15, -0.1) is 0 Å². The number of rotatable bonds is 17. The van der Waals surface area contributed by atoms with Gasteiger partial charge >= 0.3 is 0 Å². The van der Waals surface area contributed by atoms with Gasteiger partial charge in [0.05, 0.1) is 39.5 Å². The van der Waals surface area contributed by atoms with Gasteiger partial charge in [-0.1, -0.05) is 0 Å². The zero-order valence-corrected chi connectivity index (χ0v) is 17.6. The van der Waals surface area contributed by atoms with Crippen LogP contribution in [-0.4, -0.2) is 114 Å². The standard InChI is InChI=1S/C16H38N6O4S/c1-22(2,13-3-15-27(24,25)26)14-9-20-16(23)4-7-19-8-12-21(10-5-17)11-6-18/h19H,3-15,17-18H2,1-2H3,(H-,20,23,24,25,26)/p+1. The topological polar surface area (TPSA) is 151 Å². The lowest BCUT2D eigenvalue weighted by molar-refractivity contribution is -0.889. The molecule has 0 aromatic carbocycles. The molecule has 11 heteroatoms. The van der Waals surface area contributed by atoms with Crippen molar-refractivity contribution >= 4 is 16.0 Å². The fourth-order valence-corrected chi connectivity index (χ4v) is 3.13. The first kappa shape index (κ1) is 26.2. The Morgan fingerprint density at radius 1 is 1.04 bits per heavy atom. The van der Waals surface area contributed by atoms with Crippen molar-refractivity contribution in [2.24, 2.45) is 11.5 Å². The van der Waals surface area contributed by atoms with Gasteiger partial charge in [0.25, 0.3) is 10.1 Å². The largest absolute Gasteiger partial charge is 0.350 e. The molecule has 0 unspecified atom stereocenters. The van der Waals surface area contributed by atoms with Crippen molar-refractivity contribution < 1.29 is 22.2 Å². The summed E-state index contributed by atoms with van der Waals surface area (Å²) in [5, 5.41) is 6.12. The smallest absolute Gasteiger partial charge is 0.265 e. The van der Waals surface area contributed by atoms with Crippen molar-refractivity contribution in [1.29, 1.82) is 0 Å². The summed E-state index contributed by atoms with van der Waals surface area (Å²) in [6, 6.07) is 0. The Labute approximate surface area is 164 Å². The van der Waals surface area contributed by atoms with Crippen LogP contribution < -0.4 is 22.1 Å². The third kappa shape index (κ3) is 17.0. The second-order valence-corrected chi connectivity index (χ2v) is 8.86. The van der Waals surface area contributed by atoms with E-state index in [1.54, 1.807) is 0 Å². The number of nitrogens with one attached hydrogen (secondary N) is 2. The van der Waals surface area contributed by atoms with Crippen LogP contribution in [0.5, 0.6) is 0 Å². The average molecular weight is 412 g/mol. The van der Waals surface area contributed by atoms with Gasteiger partial charge in [-0.25, -0.2) is 0 Å². The van der Waals surface area contributed by atoms with E-state index in [2.05, 4.69) is 15.5 Å². The molecular formula is C16H39N6O4S+. The molecule has 1 amide bonds. The average Bonchev–Trinajstić information content (AvgIpc) is 2.53. The fraction of sp³-hybridized carbons (Fsp3) is 0.938. The van der Waals surface area contributed by atoms with E-state index >= 15 is 0 Å². The summed E-state index contributed by atoms with van der Waals surface area (Å²) >= 11 is 0. The predicted octanol–water partition coefficient (Wildman–Crippen LogP) is -2.34. The Bertz CT molecular complexity index is 495. The summed E-state index contributed by atoms with van der Waals surface area (Å²) in [5.74, 6) is -0.248. The van der Waals surface area contributed by atoms with Gasteiger partial charge < -0.3 is 26.6 Å². The number of quaternary nitrogens is 1. The van der Waals surface area contributed by atoms with Gasteiger partial charge in [0.15, 0.2) is 0 Å². The minimum atomic E-state index is -3.91. The Morgan fingerprint density at radius 2 is 1.67 bits per heavy atom. The van der Waals surface area contributed by atoms with E-state index in [1.807, 2.05) is 14.1 Å². The van der Waals surface area contributed by atoms with Crippen LogP contribution in [0.4, 0.5) is 0 Å². The zero-order chi connectivity index (χ0) is 20.8. The fourth-order valence-electron chi connectivity index (χ4n) is 2.64. The molecule has 162 valence electrons. The van der Waals surface area contributed by atoms with Gasteiger partial charge in [-0.2, -0.15) is 8.42 Å². The van der Waals surface area contributed by atoms with Crippen molar-refractivity contribution in [3.63, 3.8) is 0 Å². The van der Waals surface area contributed by atoms with Crippen LogP contribution in [0, 0.1) is 0 Å². The van der Waals surface area contributed by atoms with Crippen LogP contribution in [0.25, 0.3) is 0 Å². The lowest BCUT2D eigenvalue weighted by Crippen LogP contribution is -2.46. The quantitative estimate of drug-likeness (QED) is 0.101. The van der Waals surface area contributed by atoms with Crippen molar-refractivity contribution in [2.45, 2.75) is 12.8 Å². The van der Waals surface area contributed by atoms with E-state index in [9.17, 15) is 13.2 Å². The molecule has 7 N–H and O–H groups in total. The lowest BCUT2D eigenvalue weighted by Gasteiger charge is -2.29. The maximum Gasteiger partial charge on any atom is 0.265 e. The molecule has 0 bridgehead atoms. The van der Waals surface area contributed by atoms with Crippen LogP contribution in [0.15, 0.2) is 0 Å². The molecule has 10 nitrogen and oxygen atoms in total. The SMILES string of the molecule is C[N+](C)(CCCS(=O)(=O)O)CCNC(=O)CCNCCN(CCN)CCN. The molecule has 0 aromatic heterocycles. The minimum Gasteiger partial charge on any atom is -0.350 e. The molecule has 0 aliphatic rings. The summed E-state index contributed by atoms with van der Waals surface area (Å²) in [5.41, 5.74) is 11.1. The number of nitrogens with zero attached hydrogens (tertiary/aromatic N) is 2. The molecule has 0 fully saturated rings. The van der Waals surface area contributed by atoms with E-state index in [1.165, 1.54) is 0 Å². The molecule has 27 heavy (non-hydrogen) atoms. The van der Waals surface area contributed by atoms with E-state index in [-0.39, 0.29) is 11.7 Å². The Balaban J connectivity index is 3.78. The first-order valence-corrected chi connectivity index (χ1v) is 11.1. The van der Waals surface area contributed by atoms with E-state index in [0.717, 1.165) is 26.2 Å². The van der Waals surface area contributed by atoms with Gasteiger partial charge in [-0.3, -0.25) is 14.2 Å². The summed E-state index contributed by atoms with van der Waals surface area (Å²) in [6.07, 6.45) is 0.791. The minimum absolute atomic E-state index is 0.0128. The number of likely N-dealkylation sites (N-methyl/N-ethyl adjacent to an activating group) is 1. The van der Waals surface area contributed by atoms with Gasteiger partial charge in [0, 0.05) is 58.7 Å². The Morgan fingerprint density at radius 3 is 2.22 bits per heavy atom. The first-order chi connectivity index (χ1) is 12.6. The molecule has 0 saturated carbocycles. The Hall–Kier alpha value is -0.820. The zero-order valence-electron chi connectivity index (χ0n) is 16.8. The maximum atomic E-state index is 11.9. The van der Waals surface area contributed by atoms with E-state index < -0.39 is 10.1 Å². The molecule has 0 spiro atoms. The molecular weight excluding hydrogens is 372 g/mol. The normalized spacial score (nSPS) is 12.5. The first-order valence-electron chi connectivity index (χ1n) is 9.46. The third-order valence-electron chi connectivity index (χ3n) is 4.23. The summed E-state index contributed by atoms with van der Waals surface area (Å²) in [6.45, 7) is 6.92. The molecule has 0 rings (SSSR count). The molecule has 0 radical (unpaired) electrons. The van der Waals surface area contributed by atoms with Crippen LogP contribution in [0.1, 0.15) is 12.8 Å². The highest BCUT2D eigenvalue weighted by molar-refractivity contribution is 7.85. The highest BCUT2D eigenvalue weighted by atomic mass is 32.2. The lowest BCUT2D eigenvalue weighted by atomic mass is 10.3. The molecule has 0 aliphatic carbocycles. The van der Waals surface area contributed by atoms with Gasteiger partial charge in [0.1, 0.15) is 0 Å². The number of carbonyl (C=O) groups is 1. The monoisotopic (exact) mass is 411 g/mol. The number of amides is 1. The number of hydrogen-bond acceptors (Lipinski definition) is 7. The maximum absolute atomic E-state index is 11.9. The van der Waals surface area contributed by atoms with Crippen molar-refractivity contribution in [3.8, 4) is 0 Å². The second-order valence-electron chi connectivity index (χ2n) is 7.29. The molecule has 0 aliphatic heterocycles. The third-order valence-corrected chi connectivity index (χ3v) is 5.03. The molecule has 0 atom stereocenters. The van der Waals surface area contributed by atoms with E-state index in [0.29, 0.717) is 56.6 Å². The summed E-state index contributed by atoms with van der Waals surface area (Å²) in [7, 11) is 0.0189. The number of nitrogens with two attached hydrogens (primary N) is 2. The Kier molecular flexibility index (Phi) is 13.8. The second kappa shape index (κ2) is 14.2. The van der Waals surface area contributed by atoms with Gasteiger partial charge in [0.2, 0.25) is 5.91 Å². The van der Waals surface area contributed by atoms with Crippen molar-refractivity contribution in [3.05, 3.63) is 0 Å². The van der Waals surface area contributed by atoms with Crippen LogP contribution in [-0.2, 0) is 14.9 Å². The number of hydrogen-bond donors (Lipinski definition) is 5. The molecule has 0 saturated heterocycles. The highest BCUT2D eigenvalue weighted by Crippen LogP contribution is 2.00. The van der Waals surface area contributed by atoms with Crippen molar-refractivity contribution in [2.75, 3.05) is 85.3 Å². The van der Waals surface area contributed by atoms with Crippen LogP contribution in [0.2, 0.25) is 0 Å². The van der Waals surface area contributed by atoms with Gasteiger partial charge in [-0.05, 0) is 0 Å². The predicted molar refractivity (Wildman–Crippen MR) is 108 cm³/mol. The molecule has 0 heterocycles.